The topological polar surface area (TPSA) is 131 Å². The lowest BCUT2D eigenvalue weighted by atomic mass is 9.95. The standard InChI is InChI=1S/C36H47N3O8SSi2/c1-22(2)49(23(3)4)42-20-31-32(46-50(47-49,24(5)6)25(7)8)36(21-37,33(44-31)39-17-16-29(18-26(9)40)38-34(39)41)45-35(48)43-30-15-14-27-12-10-11-13-28(27)19-30/h10-17,19,22-25,31-33H,18,20H2,1-9H3/t31-,32-,33-,36?/m1/s1. The van der Waals surface area contributed by atoms with E-state index in [1.54, 1.807) is 12.1 Å². The van der Waals surface area contributed by atoms with E-state index in [0.717, 1.165) is 10.8 Å². The molecule has 2 saturated heterocycles. The van der Waals surface area contributed by atoms with Crippen molar-refractivity contribution in [3.8, 4) is 11.8 Å². The number of Topliss-reactive ketones (excluding diaryl/α,β-unsaturated/α-hetero) is 1. The van der Waals surface area contributed by atoms with Crippen LogP contribution in [0, 0.1) is 11.3 Å². The van der Waals surface area contributed by atoms with Crippen LogP contribution in [0.1, 0.15) is 74.2 Å². The molecule has 50 heavy (non-hydrogen) atoms. The van der Waals surface area contributed by atoms with Crippen LogP contribution in [0.2, 0.25) is 22.2 Å². The Hall–Kier alpha value is -3.30. The van der Waals surface area contributed by atoms with E-state index in [9.17, 15) is 14.9 Å². The Bertz CT molecular complexity index is 1830. The van der Waals surface area contributed by atoms with Gasteiger partial charge in [-0.1, -0.05) is 85.7 Å². The van der Waals surface area contributed by atoms with Gasteiger partial charge in [-0.3, -0.25) is 9.36 Å². The zero-order valence-electron chi connectivity index (χ0n) is 30.2. The average Bonchev–Trinajstić information content (AvgIpc) is 3.31. The molecule has 4 atom stereocenters. The third kappa shape index (κ3) is 6.97. The Labute approximate surface area is 301 Å². The minimum atomic E-state index is -3.30. The molecule has 2 fully saturated rings. The number of thiocarbonyl (C=S) groups is 1. The number of carbonyl (C=O) groups is 1. The van der Waals surface area contributed by atoms with E-state index < -0.39 is 46.8 Å². The highest BCUT2D eigenvalue weighted by Gasteiger charge is 2.68. The number of rotatable bonds is 9. The van der Waals surface area contributed by atoms with Crippen LogP contribution >= 0.6 is 12.2 Å². The van der Waals surface area contributed by atoms with Crippen LogP contribution in [0.15, 0.2) is 59.5 Å². The molecule has 11 nitrogen and oxygen atoms in total. The summed E-state index contributed by atoms with van der Waals surface area (Å²) in [7, 11) is -6.27. The number of nitriles is 1. The number of ether oxygens (including phenoxy) is 3. The van der Waals surface area contributed by atoms with E-state index in [1.807, 2.05) is 36.4 Å². The van der Waals surface area contributed by atoms with Gasteiger partial charge in [-0.25, -0.2) is 4.79 Å². The number of hydrogen-bond donors (Lipinski definition) is 0. The van der Waals surface area contributed by atoms with Crippen molar-refractivity contribution in [1.82, 2.24) is 9.55 Å². The molecule has 14 heteroatoms. The smallest absolute Gasteiger partial charge is 0.359 e. The minimum absolute atomic E-state index is 0.0151. The first-order chi connectivity index (χ1) is 23.6. The van der Waals surface area contributed by atoms with Gasteiger partial charge in [-0.2, -0.15) is 10.2 Å². The van der Waals surface area contributed by atoms with Crippen molar-refractivity contribution < 1.29 is 32.0 Å². The number of fused-ring (bicyclic) bond motifs is 2. The quantitative estimate of drug-likeness (QED) is 0.166. The molecule has 1 unspecified atom stereocenters. The molecule has 3 heterocycles. The SMILES string of the molecule is CC(=O)Cc1ccn([C@@H]2O[C@@H]3CO[Si](C(C)C)(C(C)C)O[Si](C(C)C)(C(C)C)O[C@H]3C2(C#N)OC(=S)Oc2ccc3ccccc3c2)c(=O)n1. The molecule has 2 aliphatic heterocycles. The van der Waals surface area contributed by atoms with Gasteiger partial charge in [-0.15, -0.1) is 0 Å². The summed E-state index contributed by atoms with van der Waals surface area (Å²) in [6.45, 7) is 18.2. The number of hydrogen-bond acceptors (Lipinski definition) is 11. The first kappa shape index (κ1) is 37.9. The predicted octanol–water partition coefficient (Wildman–Crippen LogP) is 7.02. The maximum absolute atomic E-state index is 13.6. The van der Waals surface area contributed by atoms with Crippen molar-refractivity contribution in [2.24, 2.45) is 0 Å². The molecule has 0 saturated carbocycles. The molecule has 0 spiro atoms. The molecule has 2 aliphatic rings. The summed E-state index contributed by atoms with van der Waals surface area (Å²) in [5.41, 5.74) is -2.46. The van der Waals surface area contributed by atoms with Crippen molar-refractivity contribution in [3.05, 3.63) is 70.9 Å². The van der Waals surface area contributed by atoms with Gasteiger partial charge >= 0.3 is 28.0 Å². The first-order valence-corrected chi connectivity index (χ1v) is 21.5. The zero-order valence-corrected chi connectivity index (χ0v) is 33.0. The van der Waals surface area contributed by atoms with Gasteiger partial charge < -0.3 is 27.2 Å². The van der Waals surface area contributed by atoms with Gasteiger partial charge in [0.1, 0.15) is 29.8 Å². The zero-order chi connectivity index (χ0) is 36.6. The van der Waals surface area contributed by atoms with Gasteiger partial charge in [0.05, 0.1) is 12.3 Å². The average molecular weight is 738 g/mol. The monoisotopic (exact) mass is 737 g/mol. The lowest BCUT2D eigenvalue weighted by Gasteiger charge is -2.51. The number of ketones is 1. The fraction of sp³-hybridized carbons (Fsp3) is 0.528. The van der Waals surface area contributed by atoms with Crippen LogP contribution in [-0.4, -0.2) is 62.1 Å². The normalized spacial score (nSPS) is 24.5. The lowest BCUT2D eigenvalue weighted by Crippen LogP contribution is -2.67. The second-order valence-corrected chi connectivity index (χ2v) is 23.6. The molecular formula is C36H47N3O8SSi2. The van der Waals surface area contributed by atoms with Crippen molar-refractivity contribution >= 4 is 51.1 Å². The largest absolute Gasteiger partial charge is 0.427 e. The van der Waals surface area contributed by atoms with Crippen molar-refractivity contribution in [2.45, 2.75) is 115 Å². The van der Waals surface area contributed by atoms with Gasteiger partial charge in [0, 0.05) is 24.8 Å². The first-order valence-electron chi connectivity index (χ1n) is 17.1. The second kappa shape index (κ2) is 14.7. The molecule has 0 amide bonds. The van der Waals surface area contributed by atoms with Gasteiger partial charge in [-0.05, 0) is 58.1 Å². The Morgan fingerprint density at radius 3 is 2.24 bits per heavy atom. The summed E-state index contributed by atoms with van der Waals surface area (Å²) in [6, 6.07) is 17.2. The maximum atomic E-state index is 13.6. The van der Waals surface area contributed by atoms with E-state index in [4.69, 9.17) is 39.4 Å². The van der Waals surface area contributed by atoms with Crippen LogP contribution < -0.4 is 10.4 Å². The Morgan fingerprint density at radius 1 is 1.02 bits per heavy atom. The highest BCUT2D eigenvalue weighted by atomic mass is 32.1. The fourth-order valence-corrected chi connectivity index (χ4v) is 18.6. The van der Waals surface area contributed by atoms with Crippen LogP contribution in [-0.2, 0) is 33.7 Å². The van der Waals surface area contributed by atoms with E-state index in [1.165, 1.54) is 17.7 Å². The third-order valence-corrected chi connectivity index (χ3v) is 20.1. The number of benzene rings is 2. The van der Waals surface area contributed by atoms with Crippen molar-refractivity contribution in [2.75, 3.05) is 6.61 Å². The lowest BCUT2D eigenvalue weighted by molar-refractivity contribution is -0.116. The molecular weight excluding hydrogens is 691 g/mol. The Morgan fingerprint density at radius 2 is 1.66 bits per heavy atom. The third-order valence-electron chi connectivity index (χ3n) is 9.67. The van der Waals surface area contributed by atoms with E-state index in [0.29, 0.717) is 11.4 Å². The highest BCUT2D eigenvalue weighted by molar-refractivity contribution is 7.79. The summed E-state index contributed by atoms with van der Waals surface area (Å²) in [4.78, 5) is 29.6. The van der Waals surface area contributed by atoms with E-state index in [-0.39, 0.29) is 46.2 Å². The summed E-state index contributed by atoms with van der Waals surface area (Å²) in [5, 5.41) is 12.8. The molecule has 5 rings (SSSR count). The summed E-state index contributed by atoms with van der Waals surface area (Å²) >= 11 is 5.67. The predicted molar refractivity (Wildman–Crippen MR) is 197 cm³/mol. The van der Waals surface area contributed by atoms with Crippen molar-refractivity contribution in [1.29, 1.82) is 5.26 Å². The van der Waals surface area contributed by atoms with Crippen molar-refractivity contribution in [3.63, 3.8) is 0 Å². The van der Waals surface area contributed by atoms with Gasteiger partial charge in [0.2, 0.25) is 0 Å². The van der Waals surface area contributed by atoms with E-state index in [2.05, 4.69) is 66.4 Å². The molecule has 0 aliphatic carbocycles. The van der Waals surface area contributed by atoms with Crippen LogP contribution in [0.3, 0.4) is 0 Å². The number of aromatic nitrogens is 2. The van der Waals surface area contributed by atoms with Gasteiger partial charge in [0.15, 0.2) is 6.23 Å². The molecule has 3 aromatic rings. The number of carbonyl (C=O) groups excluding carboxylic acids is 1. The van der Waals surface area contributed by atoms with Crippen LogP contribution in [0.4, 0.5) is 0 Å². The highest BCUT2D eigenvalue weighted by Crippen LogP contribution is 2.51. The number of nitrogens with zero attached hydrogens (tertiary/aromatic N) is 3. The maximum Gasteiger partial charge on any atom is 0.359 e. The summed E-state index contributed by atoms with van der Waals surface area (Å²) < 4.78 is 41.8. The van der Waals surface area contributed by atoms with Crippen LogP contribution in [0.25, 0.3) is 10.8 Å². The molecule has 0 radical (unpaired) electrons. The molecule has 268 valence electrons. The second-order valence-electron chi connectivity index (χ2n) is 14.4. The Kier molecular flexibility index (Phi) is 11.2. The van der Waals surface area contributed by atoms with Crippen LogP contribution in [0.5, 0.6) is 5.75 Å². The summed E-state index contributed by atoms with van der Waals surface area (Å²) in [5.74, 6) is 0.262. The van der Waals surface area contributed by atoms with Gasteiger partial charge in [0.25, 0.3) is 5.60 Å². The fourth-order valence-electron chi connectivity index (χ4n) is 7.16. The molecule has 0 N–H and O–H groups in total. The molecule has 0 bridgehead atoms. The molecule has 1 aromatic heterocycles. The Balaban J connectivity index is 1.64. The van der Waals surface area contributed by atoms with E-state index >= 15 is 0 Å². The minimum Gasteiger partial charge on any atom is -0.427 e. The molecule has 2 aromatic carbocycles. The summed E-state index contributed by atoms with van der Waals surface area (Å²) in [6.07, 6.45) is -1.91.